The summed E-state index contributed by atoms with van der Waals surface area (Å²) in [4.78, 5) is 23.0. The van der Waals surface area contributed by atoms with Gasteiger partial charge in [-0.2, -0.15) is 4.31 Å². The average Bonchev–Trinajstić information content (AvgIpc) is 2.54. The van der Waals surface area contributed by atoms with Crippen LogP contribution in [0.4, 0.5) is 10.5 Å². The summed E-state index contributed by atoms with van der Waals surface area (Å²) in [6, 6.07) is 5.26. The fraction of sp³-hybridized carbons (Fsp3) is 0.588. The molecule has 0 aliphatic carbocycles. The number of nitro benzene ring substituents is 1. The van der Waals surface area contributed by atoms with Crippen molar-refractivity contribution in [2.45, 2.75) is 37.6 Å². The number of likely N-dealkylation sites (tertiary alicyclic amines) is 1. The standard InChI is InChI=1S/C17H23N3O6S/c1-16(2,3)17-11-18(15(21)22)9-8-12(17)10-19(17)27(25,26)14-7-5-4-6-13(14)20(23)24/h4-7,12H,8-11H2,1-3H3,(H,21,22). The molecule has 0 spiro atoms. The van der Waals surface area contributed by atoms with E-state index in [9.17, 15) is 28.4 Å². The van der Waals surface area contributed by atoms with Gasteiger partial charge in [0.1, 0.15) is 0 Å². The minimum absolute atomic E-state index is 0.00523. The molecule has 2 aliphatic heterocycles. The molecule has 9 nitrogen and oxygen atoms in total. The van der Waals surface area contributed by atoms with Crippen LogP contribution in [0.3, 0.4) is 0 Å². The maximum Gasteiger partial charge on any atom is 0.407 e. The van der Waals surface area contributed by atoms with E-state index in [4.69, 9.17) is 0 Å². The van der Waals surface area contributed by atoms with E-state index < -0.39 is 37.7 Å². The zero-order valence-corrected chi connectivity index (χ0v) is 16.3. The molecule has 0 aromatic heterocycles. The molecule has 0 saturated carbocycles. The van der Waals surface area contributed by atoms with E-state index in [1.54, 1.807) is 0 Å². The number of amides is 1. The van der Waals surface area contributed by atoms with Crippen LogP contribution in [0.25, 0.3) is 0 Å². The summed E-state index contributed by atoms with van der Waals surface area (Å²) in [5.41, 5.74) is -1.97. The molecule has 1 aromatic carbocycles. The number of benzene rings is 1. The molecule has 148 valence electrons. The van der Waals surface area contributed by atoms with Crippen LogP contribution in [0.1, 0.15) is 27.2 Å². The van der Waals surface area contributed by atoms with Gasteiger partial charge in [0, 0.05) is 25.7 Å². The van der Waals surface area contributed by atoms with Gasteiger partial charge >= 0.3 is 6.09 Å². The van der Waals surface area contributed by atoms with Gasteiger partial charge < -0.3 is 10.0 Å². The van der Waals surface area contributed by atoms with Crippen LogP contribution in [-0.4, -0.2) is 58.9 Å². The second kappa shape index (κ2) is 6.16. The first-order valence-corrected chi connectivity index (χ1v) is 10.1. The highest BCUT2D eigenvalue weighted by Gasteiger charge is 2.66. The van der Waals surface area contributed by atoms with Crippen molar-refractivity contribution in [1.82, 2.24) is 9.21 Å². The summed E-state index contributed by atoms with van der Waals surface area (Å²) < 4.78 is 28.0. The number of fused-ring (bicyclic) bond motifs is 1. The molecule has 1 aromatic rings. The first-order valence-electron chi connectivity index (χ1n) is 8.67. The van der Waals surface area contributed by atoms with E-state index in [-0.39, 0.29) is 23.9 Å². The molecule has 2 heterocycles. The molecule has 1 N–H and O–H groups in total. The Morgan fingerprint density at radius 1 is 1.33 bits per heavy atom. The fourth-order valence-corrected chi connectivity index (χ4v) is 6.65. The number of hydrogen-bond acceptors (Lipinski definition) is 5. The van der Waals surface area contributed by atoms with E-state index in [1.165, 1.54) is 33.5 Å². The fourth-order valence-electron chi connectivity index (χ4n) is 4.47. The molecule has 2 fully saturated rings. The summed E-state index contributed by atoms with van der Waals surface area (Å²) in [6.45, 7) is 6.29. The molecule has 0 radical (unpaired) electrons. The number of hydrogen-bond donors (Lipinski definition) is 1. The Hall–Kier alpha value is -2.20. The van der Waals surface area contributed by atoms with Gasteiger partial charge in [-0.3, -0.25) is 10.1 Å². The quantitative estimate of drug-likeness (QED) is 0.617. The second-order valence-electron chi connectivity index (χ2n) is 8.12. The smallest absolute Gasteiger partial charge is 0.407 e. The van der Waals surface area contributed by atoms with Gasteiger partial charge in [0.2, 0.25) is 0 Å². The monoisotopic (exact) mass is 397 g/mol. The molecule has 1 amide bonds. The van der Waals surface area contributed by atoms with Crippen molar-refractivity contribution in [3.05, 3.63) is 34.4 Å². The number of carboxylic acid groups (broad SMARTS) is 1. The van der Waals surface area contributed by atoms with Gasteiger partial charge in [-0.05, 0) is 23.8 Å². The van der Waals surface area contributed by atoms with Crippen molar-refractivity contribution >= 4 is 21.8 Å². The Bertz CT molecular complexity index is 894. The molecule has 2 saturated heterocycles. The predicted octanol–water partition coefficient (Wildman–Crippen LogP) is 2.38. The van der Waals surface area contributed by atoms with Crippen LogP contribution >= 0.6 is 0 Å². The van der Waals surface area contributed by atoms with Gasteiger partial charge in [-0.15, -0.1) is 0 Å². The van der Waals surface area contributed by atoms with Crippen molar-refractivity contribution in [2.24, 2.45) is 11.3 Å². The van der Waals surface area contributed by atoms with Crippen molar-refractivity contribution in [2.75, 3.05) is 19.6 Å². The summed E-state index contributed by atoms with van der Waals surface area (Å²) in [5, 5.41) is 20.8. The number of sulfonamides is 1. The third-order valence-corrected chi connectivity index (χ3v) is 7.84. The summed E-state index contributed by atoms with van der Waals surface area (Å²) in [7, 11) is -4.17. The molecular formula is C17H23N3O6S. The number of carbonyl (C=O) groups is 1. The highest BCUT2D eigenvalue weighted by atomic mass is 32.2. The van der Waals surface area contributed by atoms with Gasteiger partial charge in [-0.25, -0.2) is 13.2 Å². The van der Waals surface area contributed by atoms with E-state index >= 15 is 0 Å². The summed E-state index contributed by atoms with van der Waals surface area (Å²) >= 11 is 0. The molecule has 10 heteroatoms. The van der Waals surface area contributed by atoms with E-state index in [0.29, 0.717) is 13.0 Å². The third kappa shape index (κ3) is 2.78. The summed E-state index contributed by atoms with van der Waals surface area (Å²) in [6.07, 6.45) is -0.529. The topological polar surface area (TPSA) is 121 Å². The van der Waals surface area contributed by atoms with Crippen molar-refractivity contribution in [3.8, 4) is 0 Å². The SMILES string of the molecule is CC(C)(C)C12CN(C(=O)O)CCC1CN2S(=O)(=O)c1ccccc1[N+](=O)[O-]. The van der Waals surface area contributed by atoms with Gasteiger partial charge in [-0.1, -0.05) is 32.9 Å². The first-order chi connectivity index (χ1) is 12.4. The largest absolute Gasteiger partial charge is 0.465 e. The molecule has 3 rings (SSSR count). The molecule has 27 heavy (non-hydrogen) atoms. The lowest BCUT2D eigenvalue weighted by Crippen LogP contribution is -2.79. The lowest BCUT2D eigenvalue weighted by molar-refractivity contribution is -0.387. The lowest BCUT2D eigenvalue weighted by atomic mass is 9.58. The molecule has 0 bridgehead atoms. The van der Waals surface area contributed by atoms with Crippen LogP contribution in [0.2, 0.25) is 0 Å². The zero-order valence-electron chi connectivity index (χ0n) is 15.5. The van der Waals surface area contributed by atoms with Gasteiger partial charge in [0.25, 0.3) is 15.7 Å². The van der Waals surface area contributed by atoms with Gasteiger partial charge in [0.05, 0.1) is 10.5 Å². The second-order valence-corrected chi connectivity index (χ2v) is 9.96. The summed E-state index contributed by atoms with van der Waals surface area (Å²) in [5.74, 6) is 0.00523. The normalized spacial score (nSPS) is 26.2. The van der Waals surface area contributed by atoms with E-state index in [1.807, 2.05) is 20.8 Å². The zero-order chi connectivity index (χ0) is 20.2. The number of rotatable bonds is 3. The lowest BCUT2D eigenvalue weighted by Gasteiger charge is -2.66. The Labute approximate surface area is 157 Å². The minimum atomic E-state index is -4.17. The highest BCUT2D eigenvalue weighted by Crippen LogP contribution is 2.55. The first kappa shape index (κ1) is 19.6. The Kier molecular flexibility index (Phi) is 4.47. The molecule has 2 atom stereocenters. The van der Waals surface area contributed by atoms with Crippen LogP contribution in [0, 0.1) is 21.4 Å². The number of nitrogens with zero attached hydrogens (tertiary/aromatic N) is 3. The Morgan fingerprint density at radius 2 is 1.96 bits per heavy atom. The predicted molar refractivity (Wildman–Crippen MR) is 96.9 cm³/mol. The van der Waals surface area contributed by atoms with Crippen molar-refractivity contribution in [3.63, 3.8) is 0 Å². The van der Waals surface area contributed by atoms with Crippen LogP contribution in [0.15, 0.2) is 29.2 Å². The molecular weight excluding hydrogens is 374 g/mol. The van der Waals surface area contributed by atoms with Gasteiger partial charge in [0.15, 0.2) is 4.90 Å². The average molecular weight is 397 g/mol. The van der Waals surface area contributed by atoms with Crippen molar-refractivity contribution < 1.29 is 23.2 Å². The Balaban J connectivity index is 2.11. The van der Waals surface area contributed by atoms with Crippen LogP contribution in [-0.2, 0) is 10.0 Å². The van der Waals surface area contributed by atoms with E-state index in [2.05, 4.69) is 0 Å². The Morgan fingerprint density at radius 3 is 2.52 bits per heavy atom. The number of piperidine rings is 1. The van der Waals surface area contributed by atoms with Crippen LogP contribution in [0.5, 0.6) is 0 Å². The molecule has 2 aliphatic rings. The van der Waals surface area contributed by atoms with Crippen molar-refractivity contribution in [1.29, 1.82) is 0 Å². The molecule has 2 unspecified atom stereocenters. The maximum atomic E-state index is 13.4. The highest BCUT2D eigenvalue weighted by molar-refractivity contribution is 7.89. The van der Waals surface area contributed by atoms with E-state index in [0.717, 1.165) is 0 Å². The third-order valence-electron chi connectivity index (χ3n) is 5.89. The number of para-hydroxylation sites is 1. The number of nitro groups is 1. The minimum Gasteiger partial charge on any atom is -0.465 e. The van der Waals surface area contributed by atoms with Crippen LogP contribution < -0.4 is 0 Å². The maximum absolute atomic E-state index is 13.4.